The van der Waals surface area contributed by atoms with Crippen LogP contribution in [0.1, 0.15) is 43.7 Å². The number of hydrogen-bond donors (Lipinski definition) is 2. The van der Waals surface area contributed by atoms with Gasteiger partial charge in [0.25, 0.3) is 0 Å². The Morgan fingerprint density at radius 3 is 2.32 bits per heavy atom. The Morgan fingerprint density at radius 1 is 1.16 bits per heavy atom. The molecule has 1 aliphatic rings. The standard InChI is InChI=1S/C16H23NO2/c1-2-12-3-5-13(6-4-12)11-16(19)17-14-7-9-15(18)10-8-14/h3-6,14-15,18H,2,7-11H2,1H3,(H,17,19). The number of aliphatic hydroxyl groups is 1. The van der Waals surface area contributed by atoms with Crippen LogP contribution in [0.2, 0.25) is 0 Å². The molecule has 104 valence electrons. The van der Waals surface area contributed by atoms with Gasteiger partial charge in [-0.15, -0.1) is 0 Å². The Kier molecular flexibility index (Phi) is 4.97. The van der Waals surface area contributed by atoms with Crippen LogP contribution in [-0.4, -0.2) is 23.2 Å². The first-order valence-electron chi connectivity index (χ1n) is 7.22. The van der Waals surface area contributed by atoms with Gasteiger partial charge in [0.05, 0.1) is 12.5 Å². The first-order valence-corrected chi connectivity index (χ1v) is 7.22. The Balaban J connectivity index is 1.80. The summed E-state index contributed by atoms with van der Waals surface area (Å²) >= 11 is 0. The summed E-state index contributed by atoms with van der Waals surface area (Å²) in [4.78, 5) is 11.9. The predicted molar refractivity (Wildman–Crippen MR) is 75.9 cm³/mol. The van der Waals surface area contributed by atoms with E-state index in [-0.39, 0.29) is 18.1 Å². The molecule has 0 bridgehead atoms. The summed E-state index contributed by atoms with van der Waals surface area (Å²) < 4.78 is 0. The zero-order valence-corrected chi connectivity index (χ0v) is 11.6. The molecule has 0 atom stereocenters. The lowest BCUT2D eigenvalue weighted by Gasteiger charge is -2.26. The van der Waals surface area contributed by atoms with Gasteiger partial charge in [-0.3, -0.25) is 4.79 Å². The van der Waals surface area contributed by atoms with Crippen molar-refractivity contribution in [3.8, 4) is 0 Å². The van der Waals surface area contributed by atoms with Crippen molar-refractivity contribution >= 4 is 5.91 Å². The molecular weight excluding hydrogens is 238 g/mol. The zero-order chi connectivity index (χ0) is 13.7. The third-order valence-corrected chi connectivity index (χ3v) is 3.86. The number of carbonyl (C=O) groups is 1. The summed E-state index contributed by atoms with van der Waals surface area (Å²) in [7, 11) is 0. The van der Waals surface area contributed by atoms with E-state index in [9.17, 15) is 9.90 Å². The number of amides is 1. The molecule has 1 aromatic carbocycles. The molecule has 0 heterocycles. The second-order valence-corrected chi connectivity index (χ2v) is 5.42. The average Bonchev–Trinajstić information content (AvgIpc) is 2.42. The highest BCUT2D eigenvalue weighted by atomic mass is 16.3. The van der Waals surface area contributed by atoms with Crippen molar-refractivity contribution in [1.29, 1.82) is 0 Å². The molecule has 3 heteroatoms. The monoisotopic (exact) mass is 261 g/mol. The highest BCUT2D eigenvalue weighted by molar-refractivity contribution is 5.78. The molecule has 0 unspecified atom stereocenters. The van der Waals surface area contributed by atoms with Crippen molar-refractivity contribution in [1.82, 2.24) is 5.32 Å². The van der Waals surface area contributed by atoms with Crippen LogP contribution in [0, 0.1) is 0 Å². The van der Waals surface area contributed by atoms with Gasteiger partial charge >= 0.3 is 0 Å². The van der Waals surface area contributed by atoms with Crippen LogP contribution in [0.25, 0.3) is 0 Å². The number of hydrogen-bond acceptors (Lipinski definition) is 2. The zero-order valence-electron chi connectivity index (χ0n) is 11.6. The lowest BCUT2D eigenvalue weighted by Crippen LogP contribution is -2.39. The molecule has 0 aliphatic heterocycles. The third kappa shape index (κ3) is 4.35. The molecule has 2 N–H and O–H groups in total. The number of aryl methyl sites for hydroxylation is 1. The van der Waals surface area contributed by atoms with Gasteiger partial charge in [0.2, 0.25) is 5.91 Å². The molecule has 2 rings (SSSR count). The summed E-state index contributed by atoms with van der Waals surface area (Å²) in [6, 6.07) is 8.47. The molecule has 0 saturated heterocycles. The lowest BCUT2D eigenvalue weighted by molar-refractivity contribution is -0.121. The number of nitrogens with one attached hydrogen (secondary N) is 1. The SMILES string of the molecule is CCc1ccc(CC(=O)NC2CCC(O)CC2)cc1. The normalized spacial score (nSPS) is 23.1. The van der Waals surface area contributed by atoms with Crippen LogP contribution >= 0.6 is 0 Å². The van der Waals surface area contributed by atoms with Crippen molar-refractivity contribution in [2.24, 2.45) is 0 Å². The Bertz CT molecular complexity index is 405. The minimum atomic E-state index is -0.172. The summed E-state index contributed by atoms with van der Waals surface area (Å²) in [6.45, 7) is 2.12. The Labute approximate surface area is 115 Å². The molecule has 19 heavy (non-hydrogen) atoms. The van der Waals surface area contributed by atoms with E-state index in [1.807, 2.05) is 12.1 Å². The summed E-state index contributed by atoms with van der Waals surface area (Å²) in [5.41, 5.74) is 2.36. The summed E-state index contributed by atoms with van der Waals surface area (Å²) in [6.07, 6.45) is 4.69. The molecule has 3 nitrogen and oxygen atoms in total. The van der Waals surface area contributed by atoms with Gasteiger partial charge in [0.1, 0.15) is 0 Å². The summed E-state index contributed by atoms with van der Waals surface area (Å²) in [5.74, 6) is 0.0886. The van der Waals surface area contributed by atoms with Gasteiger partial charge in [-0.1, -0.05) is 31.2 Å². The van der Waals surface area contributed by atoms with Crippen LogP contribution in [-0.2, 0) is 17.6 Å². The van der Waals surface area contributed by atoms with E-state index in [1.165, 1.54) is 5.56 Å². The lowest BCUT2D eigenvalue weighted by atomic mass is 9.93. The van der Waals surface area contributed by atoms with Crippen molar-refractivity contribution in [2.75, 3.05) is 0 Å². The Hall–Kier alpha value is -1.35. The van der Waals surface area contributed by atoms with E-state index in [0.717, 1.165) is 37.7 Å². The van der Waals surface area contributed by atoms with Gasteiger partial charge in [-0.25, -0.2) is 0 Å². The first kappa shape index (κ1) is 14.1. The fraction of sp³-hybridized carbons (Fsp3) is 0.562. The molecule has 1 saturated carbocycles. The van der Waals surface area contributed by atoms with Crippen LogP contribution in [0.4, 0.5) is 0 Å². The van der Waals surface area contributed by atoms with Crippen LogP contribution in [0.5, 0.6) is 0 Å². The number of benzene rings is 1. The van der Waals surface area contributed by atoms with E-state index < -0.39 is 0 Å². The quantitative estimate of drug-likeness (QED) is 0.873. The maximum Gasteiger partial charge on any atom is 0.224 e. The molecule has 1 amide bonds. The molecule has 0 spiro atoms. The molecule has 0 aromatic heterocycles. The minimum absolute atomic E-state index is 0.0886. The van der Waals surface area contributed by atoms with E-state index in [0.29, 0.717) is 6.42 Å². The van der Waals surface area contributed by atoms with Gasteiger partial charge < -0.3 is 10.4 Å². The number of carbonyl (C=O) groups excluding carboxylic acids is 1. The van der Waals surface area contributed by atoms with E-state index >= 15 is 0 Å². The molecule has 0 radical (unpaired) electrons. The van der Waals surface area contributed by atoms with Gasteiger partial charge in [0, 0.05) is 6.04 Å². The molecular formula is C16H23NO2. The van der Waals surface area contributed by atoms with Gasteiger partial charge in [-0.05, 0) is 43.2 Å². The third-order valence-electron chi connectivity index (χ3n) is 3.86. The van der Waals surface area contributed by atoms with Gasteiger partial charge in [-0.2, -0.15) is 0 Å². The van der Waals surface area contributed by atoms with Crippen LogP contribution in [0.15, 0.2) is 24.3 Å². The van der Waals surface area contributed by atoms with E-state index in [2.05, 4.69) is 24.4 Å². The fourth-order valence-electron chi connectivity index (χ4n) is 2.58. The van der Waals surface area contributed by atoms with Crippen molar-refractivity contribution in [3.05, 3.63) is 35.4 Å². The first-order chi connectivity index (χ1) is 9.17. The molecule has 1 aliphatic carbocycles. The maximum atomic E-state index is 11.9. The Morgan fingerprint density at radius 2 is 1.74 bits per heavy atom. The molecule has 1 aromatic rings. The fourth-order valence-corrected chi connectivity index (χ4v) is 2.58. The smallest absolute Gasteiger partial charge is 0.224 e. The van der Waals surface area contributed by atoms with Crippen LogP contribution in [0.3, 0.4) is 0 Å². The highest BCUT2D eigenvalue weighted by Gasteiger charge is 2.20. The second-order valence-electron chi connectivity index (χ2n) is 5.42. The van der Waals surface area contributed by atoms with Crippen LogP contribution < -0.4 is 5.32 Å². The number of aliphatic hydroxyl groups excluding tert-OH is 1. The van der Waals surface area contributed by atoms with Crippen molar-refractivity contribution < 1.29 is 9.90 Å². The largest absolute Gasteiger partial charge is 0.393 e. The van der Waals surface area contributed by atoms with Crippen molar-refractivity contribution in [3.63, 3.8) is 0 Å². The summed E-state index contributed by atoms with van der Waals surface area (Å²) in [5, 5.41) is 12.5. The topological polar surface area (TPSA) is 49.3 Å². The average molecular weight is 261 g/mol. The second kappa shape index (κ2) is 6.71. The van der Waals surface area contributed by atoms with E-state index in [4.69, 9.17) is 0 Å². The number of rotatable bonds is 4. The minimum Gasteiger partial charge on any atom is -0.393 e. The van der Waals surface area contributed by atoms with Crippen molar-refractivity contribution in [2.45, 2.75) is 57.6 Å². The molecule has 1 fully saturated rings. The predicted octanol–water partition coefficient (Wildman–Crippen LogP) is 2.21. The van der Waals surface area contributed by atoms with Gasteiger partial charge in [0.15, 0.2) is 0 Å². The highest BCUT2D eigenvalue weighted by Crippen LogP contribution is 2.18. The van der Waals surface area contributed by atoms with E-state index in [1.54, 1.807) is 0 Å². The maximum absolute atomic E-state index is 11.9.